The first kappa shape index (κ1) is 20.6. The molecule has 0 fully saturated rings. The fraction of sp³-hybridized carbons (Fsp3) is 0.211. The summed E-state index contributed by atoms with van der Waals surface area (Å²) in [4.78, 5) is 12.9. The number of hydrogen-bond donors (Lipinski definition) is 3. The van der Waals surface area contributed by atoms with Crippen LogP contribution in [0.3, 0.4) is 0 Å². The molecule has 1 aromatic heterocycles. The van der Waals surface area contributed by atoms with E-state index in [4.69, 9.17) is 9.88 Å². The molecule has 152 valence electrons. The summed E-state index contributed by atoms with van der Waals surface area (Å²) in [7, 11) is -0.225. The van der Waals surface area contributed by atoms with Crippen LogP contribution in [0.5, 0.6) is 5.75 Å². The van der Waals surface area contributed by atoms with Gasteiger partial charge in [0.2, 0.25) is 16.0 Å². The van der Waals surface area contributed by atoms with Crippen molar-refractivity contribution in [3.05, 3.63) is 59.9 Å². The van der Waals surface area contributed by atoms with Gasteiger partial charge < -0.3 is 15.4 Å². The van der Waals surface area contributed by atoms with Gasteiger partial charge in [0.15, 0.2) is 5.82 Å². The van der Waals surface area contributed by atoms with Gasteiger partial charge in [-0.2, -0.15) is 4.98 Å². The Kier molecular flexibility index (Phi) is 6.37. The molecule has 0 spiro atoms. The van der Waals surface area contributed by atoms with Gasteiger partial charge in [-0.1, -0.05) is 24.3 Å². The van der Waals surface area contributed by atoms with Crippen LogP contribution in [-0.4, -0.2) is 37.5 Å². The van der Waals surface area contributed by atoms with E-state index in [2.05, 4.69) is 25.6 Å². The first-order chi connectivity index (χ1) is 13.9. The molecule has 0 aliphatic carbocycles. The molecule has 0 bridgehead atoms. The molecule has 0 amide bonds. The minimum atomic E-state index is -3.68. The number of para-hydroxylation sites is 1. The number of primary sulfonamides is 1. The van der Waals surface area contributed by atoms with E-state index in [-0.39, 0.29) is 11.7 Å². The van der Waals surface area contributed by atoms with E-state index in [1.54, 1.807) is 31.4 Å². The van der Waals surface area contributed by atoms with Crippen molar-refractivity contribution in [2.45, 2.75) is 12.3 Å². The minimum absolute atomic E-state index is 0.276. The van der Waals surface area contributed by atoms with E-state index in [0.717, 1.165) is 11.1 Å². The van der Waals surface area contributed by atoms with Crippen LogP contribution in [0.25, 0.3) is 11.4 Å². The number of nitrogens with zero attached hydrogens (tertiary/aromatic N) is 3. The number of nitrogens with two attached hydrogens (primary N) is 1. The van der Waals surface area contributed by atoms with Gasteiger partial charge in [0, 0.05) is 12.2 Å². The summed E-state index contributed by atoms with van der Waals surface area (Å²) in [5.41, 5.74) is 2.85. The van der Waals surface area contributed by atoms with Crippen LogP contribution < -0.4 is 20.5 Å². The third-order valence-electron chi connectivity index (χ3n) is 4.08. The molecule has 0 saturated carbocycles. The van der Waals surface area contributed by atoms with Crippen molar-refractivity contribution in [3.63, 3.8) is 0 Å². The average Bonchev–Trinajstić information content (AvgIpc) is 2.69. The lowest BCUT2D eigenvalue weighted by Gasteiger charge is -2.12. The first-order valence-corrected chi connectivity index (χ1v) is 10.5. The Hall–Kier alpha value is -3.08. The molecular formula is C19H22N6O3S. The minimum Gasteiger partial charge on any atom is -0.496 e. The zero-order valence-electron chi connectivity index (χ0n) is 16.1. The molecule has 0 aliphatic heterocycles. The number of rotatable bonds is 8. The number of sulfonamides is 1. The lowest BCUT2D eigenvalue weighted by Crippen LogP contribution is -2.15. The fourth-order valence-corrected chi connectivity index (χ4v) is 3.52. The van der Waals surface area contributed by atoms with Crippen LogP contribution in [0.1, 0.15) is 11.1 Å². The van der Waals surface area contributed by atoms with Gasteiger partial charge in [0.05, 0.1) is 18.4 Å². The van der Waals surface area contributed by atoms with Crippen molar-refractivity contribution in [1.29, 1.82) is 0 Å². The monoisotopic (exact) mass is 414 g/mol. The lowest BCUT2D eigenvalue weighted by molar-refractivity contribution is 0.416. The molecule has 0 aliphatic rings. The van der Waals surface area contributed by atoms with Crippen molar-refractivity contribution >= 4 is 21.7 Å². The van der Waals surface area contributed by atoms with Gasteiger partial charge in [0.25, 0.3) is 0 Å². The molecule has 0 saturated heterocycles. The van der Waals surface area contributed by atoms with E-state index >= 15 is 0 Å². The van der Waals surface area contributed by atoms with Crippen molar-refractivity contribution in [1.82, 2.24) is 20.3 Å². The highest BCUT2D eigenvalue weighted by Gasteiger charge is 2.13. The Morgan fingerprint density at radius 2 is 1.93 bits per heavy atom. The second-order valence-corrected chi connectivity index (χ2v) is 7.90. The van der Waals surface area contributed by atoms with Crippen LogP contribution in [0, 0.1) is 0 Å². The highest BCUT2D eigenvalue weighted by Crippen LogP contribution is 2.29. The molecule has 0 unspecified atom stereocenters. The molecule has 0 atom stereocenters. The average molecular weight is 414 g/mol. The number of aromatic nitrogens is 3. The summed E-state index contributed by atoms with van der Waals surface area (Å²) in [5.74, 6) is 1.05. The summed E-state index contributed by atoms with van der Waals surface area (Å²) < 4.78 is 28.4. The van der Waals surface area contributed by atoms with Crippen LogP contribution >= 0.6 is 0 Å². The fourth-order valence-electron chi connectivity index (χ4n) is 2.84. The Balaban J connectivity index is 1.95. The second-order valence-electron chi connectivity index (χ2n) is 6.29. The number of nitrogens with one attached hydrogen (secondary N) is 2. The topological polar surface area (TPSA) is 132 Å². The third-order valence-corrected chi connectivity index (χ3v) is 4.79. The summed E-state index contributed by atoms with van der Waals surface area (Å²) in [6, 6.07) is 12.7. The highest BCUT2D eigenvalue weighted by atomic mass is 32.2. The highest BCUT2D eigenvalue weighted by molar-refractivity contribution is 7.88. The second kappa shape index (κ2) is 8.95. The number of ether oxygens (including phenoxy) is 1. The Morgan fingerprint density at radius 3 is 2.66 bits per heavy atom. The van der Waals surface area contributed by atoms with Crippen molar-refractivity contribution in [3.8, 4) is 17.1 Å². The van der Waals surface area contributed by atoms with Crippen LogP contribution in [0.15, 0.2) is 48.8 Å². The largest absolute Gasteiger partial charge is 0.496 e. The quantitative estimate of drug-likeness (QED) is 0.508. The van der Waals surface area contributed by atoms with Gasteiger partial charge in [-0.05, 0) is 36.4 Å². The van der Waals surface area contributed by atoms with E-state index in [9.17, 15) is 8.42 Å². The van der Waals surface area contributed by atoms with Gasteiger partial charge in [0.1, 0.15) is 12.1 Å². The summed E-state index contributed by atoms with van der Waals surface area (Å²) >= 11 is 0. The molecule has 3 aromatic rings. The third kappa shape index (κ3) is 5.47. The van der Waals surface area contributed by atoms with Crippen LogP contribution in [-0.2, 0) is 22.3 Å². The number of benzene rings is 2. The maximum Gasteiger partial charge on any atom is 0.230 e. The lowest BCUT2D eigenvalue weighted by atomic mass is 10.1. The van der Waals surface area contributed by atoms with E-state index < -0.39 is 10.0 Å². The van der Waals surface area contributed by atoms with E-state index in [1.165, 1.54) is 6.33 Å². The zero-order chi connectivity index (χ0) is 20.9. The van der Waals surface area contributed by atoms with Gasteiger partial charge in [-0.25, -0.2) is 23.5 Å². The van der Waals surface area contributed by atoms with Gasteiger partial charge in [-0.15, -0.1) is 0 Å². The predicted octanol–water partition coefficient (Wildman–Crippen LogP) is 1.80. The first-order valence-electron chi connectivity index (χ1n) is 8.76. The molecule has 3 rings (SSSR count). The Labute approximate surface area is 169 Å². The SMILES string of the molecule is CNCc1ccc(OC)c(-c2ncnc(Nc3ccccc3CS(N)(=O)=O)n2)c1. The molecule has 4 N–H and O–H groups in total. The Morgan fingerprint density at radius 1 is 1.14 bits per heavy atom. The molecule has 2 aromatic carbocycles. The van der Waals surface area contributed by atoms with E-state index in [1.807, 2.05) is 25.2 Å². The molecule has 0 radical (unpaired) electrons. The molecule has 10 heteroatoms. The normalized spacial score (nSPS) is 11.3. The van der Waals surface area contributed by atoms with Crippen LogP contribution in [0.2, 0.25) is 0 Å². The number of anilines is 2. The summed E-state index contributed by atoms with van der Waals surface area (Å²) in [6.45, 7) is 0.689. The predicted molar refractivity (Wildman–Crippen MR) is 111 cm³/mol. The summed E-state index contributed by atoms with van der Waals surface area (Å²) in [6.07, 6.45) is 1.39. The Bertz CT molecular complexity index is 1100. The van der Waals surface area contributed by atoms with Crippen molar-refractivity contribution in [2.24, 2.45) is 5.14 Å². The number of hydrogen-bond acceptors (Lipinski definition) is 8. The molecular weight excluding hydrogens is 392 g/mol. The molecule has 1 heterocycles. The zero-order valence-corrected chi connectivity index (χ0v) is 16.9. The smallest absolute Gasteiger partial charge is 0.230 e. The molecule has 9 nitrogen and oxygen atoms in total. The van der Waals surface area contributed by atoms with Crippen molar-refractivity contribution < 1.29 is 13.2 Å². The summed E-state index contributed by atoms with van der Waals surface area (Å²) in [5, 5.41) is 11.3. The number of methoxy groups -OCH3 is 1. The van der Waals surface area contributed by atoms with Gasteiger partial charge >= 0.3 is 0 Å². The van der Waals surface area contributed by atoms with Crippen molar-refractivity contribution in [2.75, 3.05) is 19.5 Å². The van der Waals surface area contributed by atoms with E-state index in [0.29, 0.717) is 29.4 Å². The standard InChI is InChI=1S/C19H22N6O3S/c1-21-10-13-7-8-17(28-2)15(9-13)18-22-12-23-19(25-18)24-16-6-4-3-5-14(16)11-29(20,26)27/h3-9,12,21H,10-11H2,1-2H3,(H2,20,26,27)(H,22,23,24,25). The maximum atomic E-state index is 11.5. The molecule has 29 heavy (non-hydrogen) atoms. The van der Waals surface area contributed by atoms with Crippen LogP contribution in [0.4, 0.5) is 11.6 Å². The van der Waals surface area contributed by atoms with Gasteiger partial charge in [-0.3, -0.25) is 0 Å². The maximum absolute atomic E-state index is 11.5.